The lowest BCUT2D eigenvalue weighted by Gasteiger charge is -2.25. The number of ether oxygens (including phenoxy) is 1. The van der Waals surface area contributed by atoms with Gasteiger partial charge in [0, 0.05) is 19.3 Å². The van der Waals surface area contributed by atoms with Gasteiger partial charge < -0.3 is 42.7 Å². The van der Waals surface area contributed by atoms with Crippen molar-refractivity contribution in [1.29, 1.82) is 10.8 Å². The molecule has 1 amide bonds. The Kier molecular flexibility index (Phi) is 15.8. The van der Waals surface area contributed by atoms with Gasteiger partial charge in [-0.15, -0.1) is 0 Å². The van der Waals surface area contributed by atoms with Crippen LogP contribution < -0.4 is 27.4 Å². The quantitative estimate of drug-likeness (QED) is 0.0624. The van der Waals surface area contributed by atoms with E-state index in [4.69, 9.17) is 27.0 Å². The number of carbonyl (C=O) groups is 3. The maximum Gasteiger partial charge on any atom is 0.325 e. The highest BCUT2D eigenvalue weighted by atomic mass is 19.1. The van der Waals surface area contributed by atoms with E-state index in [1.54, 1.807) is 0 Å². The van der Waals surface area contributed by atoms with Crippen molar-refractivity contribution in [2.45, 2.75) is 50.1 Å². The molecule has 0 bridgehead atoms. The topological polar surface area (TPSA) is 216 Å². The molecule has 0 saturated heterocycles. The number of nitrogens with two attached hydrogens (primary N) is 2. The molecule has 0 spiro atoms. The Labute approximate surface area is 187 Å². The van der Waals surface area contributed by atoms with E-state index in [-0.39, 0.29) is 19.5 Å². The Bertz CT molecular complexity index is 623. The van der Waals surface area contributed by atoms with E-state index < -0.39 is 42.0 Å². The van der Waals surface area contributed by atoms with Crippen LogP contribution in [0.2, 0.25) is 0 Å². The molecule has 0 aromatic rings. The molecule has 2 atom stereocenters. The van der Waals surface area contributed by atoms with Crippen LogP contribution in [0.4, 0.5) is 4.39 Å². The average Bonchev–Trinajstić information content (AvgIpc) is 2.74. The number of rotatable bonds is 20. The van der Waals surface area contributed by atoms with Crippen molar-refractivity contribution in [3.05, 3.63) is 0 Å². The van der Waals surface area contributed by atoms with Gasteiger partial charge in [0.2, 0.25) is 0 Å². The third-order valence-corrected chi connectivity index (χ3v) is 4.55. The summed E-state index contributed by atoms with van der Waals surface area (Å²) in [5.41, 5.74) is 9.92. The van der Waals surface area contributed by atoms with E-state index in [0.29, 0.717) is 45.3 Å². The van der Waals surface area contributed by atoms with Crippen LogP contribution in [0, 0.1) is 10.8 Å². The molecule has 0 saturated carbocycles. The van der Waals surface area contributed by atoms with E-state index in [2.05, 4.69) is 16.0 Å². The standard InChI is InChI=1S/C19H36FN7O5/c20-15(23)11-26-9-4-2-6-19(24,18(30)31)13-27-16(28)12-32-17(29)14(22)5-1-3-8-25-10-7-21/h7,14,21,23,25-26H,1-6,8-13,22,24H2,(H,27,28)(H,30,31). The van der Waals surface area contributed by atoms with E-state index >= 15 is 0 Å². The molecule has 0 aliphatic carbocycles. The lowest BCUT2D eigenvalue weighted by molar-refractivity contribution is -0.150. The smallest absolute Gasteiger partial charge is 0.325 e. The number of carboxylic acids is 1. The fraction of sp³-hybridized carbons (Fsp3) is 0.737. The molecule has 0 aromatic heterocycles. The molecule has 10 N–H and O–H groups in total. The SMILES string of the molecule is N=CCNCCCCC(N)C(=O)OCC(=O)NCC(N)(CCCCNCC(=N)F)C(=O)O. The molecule has 0 aliphatic heterocycles. The molecule has 13 heteroatoms. The van der Waals surface area contributed by atoms with Crippen molar-refractivity contribution in [2.75, 3.05) is 39.3 Å². The summed E-state index contributed by atoms with van der Waals surface area (Å²) in [6.07, 6.45) is 4.08. The molecule has 0 aromatic carbocycles. The van der Waals surface area contributed by atoms with E-state index in [1.807, 2.05) is 0 Å². The highest BCUT2D eigenvalue weighted by molar-refractivity contribution is 5.84. The van der Waals surface area contributed by atoms with Crippen LogP contribution >= 0.6 is 0 Å². The Balaban J connectivity index is 4.16. The molecular weight excluding hydrogens is 425 g/mol. The van der Waals surface area contributed by atoms with E-state index in [0.717, 1.165) is 6.42 Å². The van der Waals surface area contributed by atoms with E-state index in [9.17, 15) is 23.9 Å². The number of unbranched alkanes of at least 4 members (excludes halogenated alkanes) is 2. The Morgan fingerprint density at radius 1 is 1.16 bits per heavy atom. The van der Waals surface area contributed by atoms with Crippen molar-refractivity contribution in [2.24, 2.45) is 11.5 Å². The molecule has 0 aliphatic rings. The van der Waals surface area contributed by atoms with Crippen molar-refractivity contribution < 1.29 is 28.6 Å². The molecule has 0 radical (unpaired) electrons. The average molecular weight is 462 g/mol. The summed E-state index contributed by atoms with van der Waals surface area (Å²) in [6, 6.07) is -0.868. The summed E-state index contributed by atoms with van der Waals surface area (Å²) in [4.78, 5) is 35.3. The largest absolute Gasteiger partial charge is 0.480 e. The zero-order valence-corrected chi connectivity index (χ0v) is 18.3. The third kappa shape index (κ3) is 14.5. The van der Waals surface area contributed by atoms with Crippen LogP contribution in [0.15, 0.2) is 0 Å². The van der Waals surface area contributed by atoms with Crippen LogP contribution in [0.3, 0.4) is 0 Å². The first-order chi connectivity index (χ1) is 15.1. The molecule has 0 fully saturated rings. The lowest BCUT2D eigenvalue weighted by Crippen LogP contribution is -2.56. The van der Waals surface area contributed by atoms with Crippen LogP contribution in [0.25, 0.3) is 0 Å². The van der Waals surface area contributed by atoms with Gasteiger partial charge in [0.05, 0.1) is 6.54 Å². The first-order valence-corrected chi connectivity index (χ1v) is 10.5. The van der Waals surface area contributed by atoms with Crippen molar-refractivity contribution >= 4 is 30.0 Å². The van der Waals surface area contributed by atoms with Crippen LogP contribution in [-0.2, 0) is 19.1 Å². The number of hydrogen-bond acceptors (Lipinski definition) is 10. The van der Waals surface area contributed by atoms with Crippen molar-refractivity contribution in [3.63, 3.8) is 0 Å². The zero-order chi connectivity index (χ0) is 24.4. The number of hydrogen-bond donors (Lipinski definition) is 8. The highest BCUT2D eigenvalue weighted by Gasteiger charge is 2.33. The van der Waals surface area contributed by atoms with Crippen molar-refractivity contribution in [3.8, 4) is 0 Å². The van der Waals surface area contributed by atoms with Gasteiger partial charge in [0.1, 0.15) is 11.6 Å². The number of amides is 1. The van der Waals surface area contributed by atoms with Crippen LogP contribution in [0.5, 0.6) is 0 Å². The summed E-state index contributed by atoms with van der Waals surface area (Å²) in [7, 11) is 0. The number of carboxylic acid groups (broad SMARTS) is 1. The van der Waals surface area contributed by atoms with Gasteiger partial charge in [0.25, 0.3) is 5.91 Å². The van der Waals surface area contributed by atoms with Gasteiger partial charge in [-0.2, -0.15) is 4.39 Å². The minimum absolute atomic E-state index is 0.0662. The molecule has 2 unspecified atom stereocenters. The maximum absolute atomic E-state index is 12.3. The van der Waals surface area contributed by atoms with Gasteiger partial charge in [-0.3, -0.25) is 19.8 Å². The fourth-order valence-electron chi connectivity index (χ4n) is 2.62. The molecule has 0 rings (SSSR count). The van der Waals surface area contributed by atoms with Gasteiger partial charge in [-0.05, 0) is 45.2 Å². The Hall–Kier alpha value is -2.48. The molecule has 32 heavy (non-hydrogen) atoms. The van der Waals surface area contributed by atoms with Crippen LogP contribution in [0.1, 0.15) is 38.5 Å². The second-order valence-electron chi connectivity index (χ2n) is 7.40. The summed E-state index contributed by atoms with van der Waals surface area (Å²) in [5.74, 6) is -3.69. The Morgan fingerprint density at radius 2 is 1.81 bits per heavy atom. The first kappa shape index (κ1) is 29.5. The predicted octanol–water partition coefficient (Wildman–Crippen LogP) is -1.13. The van der Waals surface area contributed by atoms with Gasteiger partial charge in [-0.1, -0.05) is 6.42 Å². The minimum Gasteiger partial charge on any atom is -0.480 e. The molecule has 12 nitrogen and oxygen atoms in total. The summed E-state index contributed by atoms with van der Waals surface area (Å²) in [6.45, 7) is 0.444. The second kappa shape index (κ2) is 17.1. The molecular formula is C19H36FN7O5. The summed E-state index contributed by atoms with van der Waals surface area (Å²) in [5, 5.41) is 31.0. The minimum atomic E-state index is -1.70. The number of aliphatic carboxylic acids is 1. The predicted molar refractivity (Wildman–Crippen MR) is 118 cm³/mol. The highest BCUT2D eigenvalue weighted by Crippen LogP contribution is 2.11. The number of esters is 1. The molecule has 0 heterocycles. The number of nitrogens with one attached hydrogen (secondary N) is 5. The van der Waals surface area contributed by atoms with Gasteiger partial charge in [-0.25, -0.2) is 0 Å². The fourth-order valence-corrected chi connectivity index (χ4v) is 2.62. The normalized spacial score (nSPS) is 13.6. The van der Waals surface area contributed by atoms with E-state index in [1.165, 1.54) is 6.21 Å². The summed E-state index contributed by atoms with van der Waals surface area (Å²) >= 11 is 0. The Morgan fingerprint density at radius 3 is 2.44 bits per heavy atom. The number of carbonyl (C=O) groups excluding carboxylic acids is 2. The van der Waals surface area contributed by atoms with Crippen LogP contribution in [-0.4, -0.2) is 86.0 Å². The van der Waals surface area contributed by atoms with Gasteiger partial charge in [0.15, 0.2) is 12.6 Å². The third-order valence-electron chi connectivity index (χ3n) is 4.55. The molecule has 184 valence electrons. The number of halogens is 1. The monoisotopic (exact) mass is 461 g/mol. The zero-order valence-electron chi connectivity index (χ0n) is 18.3. The van der Waals surface area contributed by atoms with Gasteiger partial charge >= 0.3 is 11.9 Å². The first-order valence-electron chi connectivity index (χ1n) is 10.5. The lowest BCUT2D eigenvalue weighted by atomic mass is 9.93. The second-order valence-corrected chi connectivity index (χ2v) is 7.40. The van der Waals surface area contributed by atoms with Crippen molar-refractivity contribution in [1.82, 2.24) is 16.0 Å². The summed E-state index contributed by atoms with van der Waals surface area (Å²) < 4.78 is 17.1. The maximum atomic E-state index is 12.3.